The quantitative estimate of drug-likeness (QED) is 0.372. The van der Waals surface area contributed by atoms with E-state index in [-0.39, 0.29) is 0 Å². The van der Waals surface area contributed by atoms with Gasteiger partial charge in [-0.15, -0.1) is 0 Å². The first-order chi connectivity index (χ1) is 16.1. The first-order valence-electron chi connectivity index (χ1n) is 11.1. The number of rotatable bonds is 6. The minimum absolute atomic E-state index is 0.634. The molecule has 0 saturated carbocycles. The molecule has 1 fully saturated rings. The Morgan fingerprint density at radius 1 is 1.03 bits per heavy atom. The number of fused-ring (bicyclic) bond motifs is 2. The van der Waals surface area contributed by atoms with Gasteiger partial charge in [0.2, 0.25) is 5.95 Å². The van der Waals surface area contributed by atoms with E-state index >= 15 is 0 Å². The van der Waals surface area contributed by atoms with Crippen molar-refractivity contribution in [1.82, 2.24) is 19.1 Å². The Bertz CT molecular complexity index is 1450. The summed E-state index contributed by atoms with van der Waals surface area (Å²) in [5, 5.41) is 5.31. The summed E-state index contributed by atoms with van der Waals surface area (Å²) in [5.41, 5.74) is 5.81. The highest BCUT2D eigenvalue weighted by Crippen LogP contribution is 2.25. The molecule has 7 heteroatoms. The molecule has 0 amide bonds. The van der Waals surface area contributed by atoms with Crippen molar-refractivity contribution in [2.45, 2.75) is 13.0 Å². The number of nitrogens with one attached hydrogen (secondary N) is 1. The lowest BCUT2D eigenvalue weighted by molar-refractivity contribution is -0.0312. The van der Waals surface area contributed by atoms with Crippen LogP contribution in [0.1, 0.15) is 11.1 Å². The van der Waals surface area contributed by atoms with Crippen molar-refractivity contribution in [3.05, 3.63) is 83.1 Å². The second-order valence-electron chi connectivity index (χ2n) is 8.69. The molecule has 0 bridgehead atoms. The zero-order valence-corrected chi connectivity index (χ0v) is 19.1. The minimum Gasteiger partial charge on any atom is -0.381 e. The van der Waals surface area contributed by atoms with Gasteiger partial charge in [0.1, 0.15) is 5.82 Å². The molecule has 4 heterocycles. The van der Waals surface area contributed by atoms with Gasteiger partial charge in [-0.2, -0.15) is 0 Å². The zero-order chi connectivity index (χ0) is 22.4. The molecule has 0 spiro atoms. The SMILES string of the molecule is Cn1c(NCc2ccc3c(ccn3-c3ccc(Cl)cn3)c2)nc2ccc(CC3COC3)cc21. The molecule has 6 nitrogen and oxygen atoms in total. The largest absolute Gasteiger partial charge is 0.381 e. The molecule has 0 unspecified atom stereocenters. The van der Waals surface area contributed by atoms with E-state index in [4.69, 9.17) is 21.3 Å². The first kappa shape index (κ1) is 20.3. The Hall–Kier alpha value is -3.35. The van der Waals surface area contributed by atoms with Crippen LogP contribution in [0.3, 0.4) is 0 Å². The van der Waals surface area contributed by atoms with Crippen molar-refractivity contribution in [2.75, 3.05) is 18.5 Å². The molecule has 33 heavy (non-hydrogen) atoms. The summed E-state index contributed by atoms with van der Waals surface area (Å²) in [6.07, 6.45) is 4.77. The monoisotopic (exact) mass is 457 g/mol. The van der Waals surface area contributed by atoms with Crippen LogP contribution in [-0.4, -0.2) is 32.3 Å². The van der Waals surface area contributed by atoms with Crippen molar-refractivity contribution >= 4 is 39.5 Å². The molecule has 2 aromatic carbocycles. The lowest BCUT2D eigenvalue weighted by atomic mass is 9.98. The second kappa shape index (κ2) is 8.21. The average Bonchev–Trinajstić information content (AvgIpc) is 3.36. The number of ether oxygens (including phenoxy) is 1. The predicted molar refractivity (Wildman–Crippen MR) is 132 cm³/mol. The van der Waals surface area contributed by atoms with Crippen molar-refractivity contribution in [3.8, 4) is 5.82 Å². The normalized spacial score (nSPS) is 14.1. The third-order valence-electron chi connectivity index (χ3n) is 6.34. The number of pyridine rings is 1. The summed E-state index contributed by atoms with van der Waals surface area (Å²) in [6.45, 7) is 2.45. The number of aromatic nitrogens is 4. The van der Waals surface area contributed by atoms with Gasteiger partial charge in [0, 0.05) is 37.3 Å². The van der Waals surface area contributed by atoms with Gasteiger partial charge in [-0.25, -0.2) is 9.97 Å². The van der Waals surface area contributed by atoms with E-state index in [2.05, 4.69) is 68.9 Å². The van der Waals surface area contributed by atoms with Crippen molar-refractivity contribution in [2.24, 2.45) is 13.0 Å². The molecule has 1 saturated heterocycles. The van der Waals surface area contributed by atoms with E-state index in [0.29, 0.717) is 17.5 Å². The number of hydrogen-bond donors (Lipinski definition) is 1. The van der Waals surface area contributed by atoms with Crippen molar-refractivity contribution in [3.63, 3.8) is 0 Å². The van der Waals surface area contributed by atoms with E-state index in [9.17, 15) is 0 Å². The van der Waals surface area contributed by atoms with Gasteiger partial charge in [0.15, 0.2) is 0 Å². The number of hydrogen-bond acceptors (Lipinski definition) is 4. The fourth-order valence-electron chi connectivity index (χ4n) is 4.45. The standard InChI is InChI=1S/C26H24ClN5O/c1-31-24-12-17(10-19-15-33-16-19)2-5-22(24)30-26(31)29-13-18-3-6-23-20(11-18)8-9-32(23)25-7-4-21(27)14-28-25/h2-9,11-12,14,19H,10,13,15-16H2,1H3,(H,29,30). The van der Waals surface area contributed by atoms with Gasteiger partial charge in [-0.3, -0.25) is 0 Å². The molecule has 1 aliphatic rings. The lowest BCUT2D eigenvalue weighted by Crippen LogP contribution is -2.29. The fraction of sp³-hybridized carbons (Fsp3) is 0.231. The number of aryl methyl sites for hydroxylation is 1. The maximum absolute atomic E-state index is 5.98. The zero-order valence-electron chi connectivity index (χ0n) is 18.3. The van der Waals surface area contributed by atoms with Crippen LogP contribution in [0, 0.1) is 5.92 Å². The van der Waals surface area contributed by atoms with Crippen LogP contribution >= 0.6 is 11.6 Å². The molecular weight excluding hydrogens is 434 g/mol. The molecule has 0 atom stereocenters. The van der Waals surface area contributed by atoms with Gasteiger partial charge in [-0.1, -0.05) is 23.7 Å². The molecule has 1 N–H and O–H groups in total. The van der Waals surface area contributed by atoms with Crippen LogP contribution in [-0.2, 0) is 24.8 Å². The van der Waals surface area contributed by atoms with Crippen molar-refractivity contribution in [1.29, 1.82) is 0 Å². The van der Waals surface area contributed by atoms with Crippen LogP contribution in [0.4, 0.5) is 5.95 Å². The number of halogens is 1. The third kappa shape index (κ3) is 3.86. The highest BCUT2D eigenvalue weighted by atomic mass is 35.5. The highest BCUT2D eigenvalue weighted by molar-refractivity contribution is 6.30. The van der Waals surface area contributed by atoms with Crippen LogP contribution in [0.25, 0.3) is 27.8 Å². The Kier molecular flexibility index (Phi) is 5.04. The molecular formula is C26H24ClN5O. The van der Waals surface area contributed by atoms with Gasteiger partial charge >= 0.3 is 0 Å². The Balaban J connectivity index is 1.21. The Morgan fingerprint density at radius 2 is 1.91 bits per heavy atom. The molecule has 0 radical (unpaired) electrons. The highest BCUT2D eigenvalue weighted by Gasteiger charge is 2.19. The molecule has 3 aromatic heterocycles. The molecule has 0 aliphatic carbocycles. The number of benzene rings is 2. The van der Waals surface area contributed by atoms with Crippen molar-refractivity contribution < 1.29 is 4.74 Å². The summed E-state index contributed by atoms with van der Waals surface area (Å²) in [4.78, 5) is 9.23. The van der Waals surface area contributed by atoms with E-state index in [1.54, 1.807) is 6.20 Å². The van der Waals surface area contributed by atoms with Crippen LogP contribution in [0.5, 0.6) is 0 Å². The maximum atomic E-state index is 5.98. The smallest absolute Gasteiger partial charge is 0.203 e. The minimum atomic E-state index is 0.634. The van der Waals surface area contributed by atoms with Crippen LogP contribution in [0.15, 0.2) is 67.0 Å². The first-order valence-corrected chi connectivity index (χ1v) is 11.5. The summed E-state index contributed by atoms with van der Waals surface area (Å²) in [7, 11) is 2.07. The topological polar surface area (TPSA) is 56.9 Å². The Labute approximate surface area is 196 Å². The number of anilines is 1. The lowest BCUT2D eigenvalue weighted by Gasteiger charge is -2.25. The maximum Gasteiger partial charge on any atom is 0.203 e. The molecule has 166 valence electrons. The summed E-state index contributed by atoms with van der Waals surface area (Å²) >= 11 is 5.98. The van der Waals surface area contributed by atoms with E-state index < -0.39 is 0 Å². The molecule has 1 aliphatic heterocycles. The predicted octanol–water partition coefficient (Wildman–Crippen LogP) is 5.37. The van der Waals surface area contributed by atoms with E-state index in [1.165, 1.54) is 16.5 Å². The average molecular weight is 458 g/mol. The molecule has 5 aromatic rings. The fourth-order valence-corrected chi connectivity index (χ4v) is 4.56. The van der Waals surface area contributed by atoms with Gasteiger partial charge in [-0.05, 0) is 60.0 Å². The van der Waals surface area contributed by atoms with Gasteiger partial charge in [0.25, 0.3) is 0 Å². The number of nitrogens with zero attached hydrogens (tertiary/aromatic N) is 4. The van der Waals surface area contributed by atoms with E-state index in [0.717, 1.165) is 48.0 Å². The second-order valence-corrected chi connectivity index (χ2v) is 9.13. The van der Waals surface area contributed by atoms with Crippen LogP contribution in [0.2, 0.25) is 5.02 Å². The molecule has 6 rings (SSSR count). The van der Waals surface area contributed by atoms with Gasteiger partial charge in [0.05, 0.1) is 34.8 Å². The summed E-state index contributed by atoms with van der Waals surface area (Å²) in [5.74, 6) is 2.37. The Morgan fingerprint density at radius 3 is 2.70 bits per heavy atom. The number of imidazole rings is 1. The third-order valence-corrected chi connectivity index (χ3v) is 6.56. The van der Waals surface area contributed by atoms with E-state index in [1.807, 2.05) is 18.3 Å². The van der Waals surface area contributed by atoms with Gasteiger partial charge < -0.3 is 19.2 Å². The summed E-state index contributed by atoms with van der Waals surface area (Å²) < 4.78 is 9.52. The summed E-state index contributed by atoms with van der Waals surface area (Å²) in [6, 6.07) is 18.9. The van der Waals surface area contributed by atoms with Crippen LogP contribution < -0.4 is 5.32 Å².